The molecular formula is C8H22CoN4O2+. The second-order valence-corrected chi connectivity index (χ2v) is 2.37. The van der Waals surface area contributed by atoms with Crippen molar-refractivity contribution in [3.8, 4) is 0 Å². The molecule has 0 aliphatic rings. The third kappa shape index (κ3) is 31.4. The molecule has 0 bridgehead atoms. The molecule has 0 aliphatic carbocycles. The zero-order valence-electron chi connectivity index (χ0n) is 8.93. The molecule has 7 heteroatoms. The minimum Gasteiger partial charge on any atom is -0.659 e. The minimum absolute atomic E-state index is 0. The van der Waals surface area contributed by atoms with Crippen molar-refractivity contribution in [2.45, 2.75) is 0 Å². The fourth-order valence-electron chi connectivity index (χ4n) is 0.548. The first-order chi connectivity index (χ1) is 6.83. The third-order valence-corrected chi connectivity index (χ3v) is 1.09. The van der Waals surface area contributed by atoms with Crippen LogP contribution < -0.4 is 11.5 Å². The largest absolute Gasteiger partial charge is 3.00 e. The van der Waals surface area contributed by atoms with Gasteiger partial charge in [-0.05, 0) is 13.1 Å². The van der Waals surface area contributed by atoms with Crippen LogP contribution in [0.3, 0.4) is 0 Å². The van der Waals surface area contributed by atoms with Crippen molar-refractivity contribution in [3.05, 3.63) is 10.6 Å². The Bertz CT molecular complexity index is 73.0. The average Bonchev–Trinajstić information content (AvgIpc) is 2.21. The van der Waals surface area contributed by atoms with Gasteiger partial charge in [-0.3, -0.25) is 0 Å². The molecule has 6 N–H and O–H groups in total. The molecule has 15 heavy (non-hydrogen) atoms. The molecule has 0 unspecified atom stereocenters. The monoisotopic (exact) mass is 265 g/mol. The summed E-state index contributed by atoms with van der Waals surface area (Å²) in [4.78, 5) is 0. The molecular weight excluding hydrogens is 243 g/mol. The van der Waals surface area contributed by atoms with Crippen LogP contribution in [0, 0.1) is 0 Å². The third-order valence-electron chi connectivity index (χ3n) is 1.09. The summed E-state index contributed by atoms with van der Waals surface area (Å²) < 4.78 is 0. The van der Waals surface area contributed by atoms with Crippen LogP contribution in [0.25, 0.3) is 10.6 Å². The first kappa shape index (κ1) is 20.7. The smallest absolute Gasteiger partial charge is 0.659 e. The molecule has 6 nitrogen and oxygen atoms in total. The molecule has 0 fully saturated rings. The van der Waals surface area contributed by atoms with Crippen LogP contribution >= 0.6 is 0 Å². The average molecular weight is 265 g/mol. The number of rotatable bonds is 8. The van der Waals surface area contributed by atoms with Gasteiger partial charge in [-0.15, -0.1) is 26.2 Å². The fourth-order valence-corrected chi connectivity index (χ4v) is 0.548. The van der Waals surface area contributed by atoms with Crippen molar-refractivity contribution in [2.75, 3.05) is 52.5 Å². The topological polar surface area (TPSA) is 121 Å². The van der Waals surface area contributed by atoms with Gasteiger partial charge in [0.1, 0.15) is 0 Å². The normalized spacial score (nSPS) is 8.80. The zero-order valence-corrected chi connectivity index (χ0v) is 9.97. The number of aliphatic hydroxyl groups excluding tert-OH is 2. The zero-order chi connectivity index (χ0) is 11.1. The van der Waals surface area contributed by atoms with Crippen molar-refractivity contribution >= 4 is 0 Å². The van der Waals surface area contributed by atoms with Gasteiger partial charge in [0.2, 0.25) is 0 Å². The van der Waals surface area contributed by atoms with Crippen molar-refractivity contribution < 1.29 is 27.0 Å². The van der Waals surface area contributed by atoms with E-state index in [0.29, 0.717) is 39.3 Å². The van der Waals surface area contributed by atoms with Crippen LogP contribution in [0.1, 0.15) is 0 Å². The molecule has 0 aromatic rings. The molecule has 94 valence electrons. The van der Waals surface area contributed by atoms with Gasteiger partial charge >= 0.3 is 16.8 Å². The van der Waals surface area contributed by atoms with Gasteiger partial charge in [0, 0.05) is 13.2 Å². The molecule has 0 amide bonds. The van der Waals surface area contributed by atoms with Crippen LogP contribution in [-0.2, 0) is 16.8 Å². The van der Waals surface area contributed by atoms with E-state index in [9.17, 15) is 0 Å². The van der Waals surface area contributed by atoms with Gasteiger partial charge in [0.25, 0.3) is 0 Å². The Hall–Kier alpha value is 0.266. The van der Waals surface area contributed by atoms with Gasteiger partial charge in [0.05, 0.1) is 0 Å². The van der Waals surface area contributed by atoms with E-state index in [0.717, 1.165) is 0 Å². The van der Waals surface area contributed by atoms with Crippen LogP contribution in [-0.4, -0.2) is 62.7 Å². The maximum Gasteiger partial charge on any atom is 3.00 e. The quantitative estimate of drug-likeness (QED) is 0.404. The molecule has 0 aliphatic heterocycles. The fraction of sp³-hybridized carbons (Fsp3) is 1.00. The molecule has 0 saturated heterocycles. The van der Waals surface area contributed by atoms with Crippen LogP contribution in [0.15, 0.2) is 0 Å². The molecule has 0 atom stereocenters. The van der Waals surface area contributed by atoms with Crippen LogP contribution in [0.2, 0.25) is 0 Å². The Labute approximate surface area is 102 Å². The summed E-state index contributed by atoms with van der Waals surface area (Å²) in [5.41, 5.74) is 10.2. The number of hydrogen-bond acceptors (Lipinski definition) is 4. The summed E-state index contributed by atoms with van der Waals surface area (Å²) in [6.45, 7) is 3.83. The maximum absolute atomic E-state index is 8.16. The Morgan fingerprint density at radius 2 is 1.07 bits per heavy atom. The standard InChI is InChI=1S/2C4H11N2O.Co/c2*5-1-2-6-3-4-7;/h2*7H,1-5H2;/q2*-1;+3. The number of aliphatic hydroxyl groups is 2. The number of hydrogen-bond donors (Lipinski definition) is 4. The molecule has 0 aromatic heterocycles. The summed E-state index contributed by atoms with van der Waals surface area (Å²) in [5.74, 6) is 0. The van der Waals surface area contributed by atoms with E-state index in [1.807, 2.05) is 0 Å². The summed E-state index contributed by atoms with van der Waals surface area (Å²) in [5, 5.41) is 24.0. The van der Waals surface area contributed by atoms with E-state index in [2.05, 4.69) is 10.6 Å². The van der Waals surface area contributed by atoms with Gasteiger partial charge in [-0.1, -0.05) is 0 Å². The summed E-state index contributed by atoms with van der Waals surface area (Å²) in [7, 11) is 0. The summed E-state index contributed by atoms with van der Waals surface area (Å²) in [6, 6.07) is 0. The molecule has 0 rings (SSSR count). The van der Waals surface area contributed by atoms with E-state index in [-0.39, 0.29) is 30.0 Å². The van der Waals surface area contributed by atoms with Crippen LogP contribution in [0.4, 0.5) is 0 Å². The predicted molar refractivity (Wildman–Crippen MR) is 58.5 cm³/mol. The van der Waals surface area contributed by atoms with E-state index in [4.69, 9.17) is 21.7 Å². The Kier molecular flexibility index (Phi) is 32.8. The van der Waals surface area contributed by atoms with Crippen molar-refractivity contribution in [2.24, 2.45) is 11.5 Å². The van der Waals surface area contributed by atoms with Gasteiger partial charge in [0.15, 0.2) is 0 Å². The minimum atomic E-state index is 0. The second-order valence-electron chi connectivity index (χ2n) is 2.37. The van der Waals surface area contributed by atoms with Gasteiger partial charge in [-0.2, -0.15) is 0 Å². The van der Waals surface area contributed by atoms with Crippen LogP contribution in [0.5, 0.6) is 0 Å². The first-order valence-corrected chi connectivity index (χ1v) is 4.71. The Balaban J connectivity index is -0.000000180. The Morgan fingerprint density at radius 3 is 1.27 bits per heavy atom. The first-order valence-electron chi connectivity index (χ1n) is 4.71. The number of nitrogens with two attached hydrogens (primary N) is 2. The summed E-state index contributed by atoms with van der Waals surface area (Å²) >= 11 is 0. The summed E-state index contributed by atoms with van der Waals surface area (Å²) in [6.07, 6.45) is 0. The molecule has 0 spiro atoms. The molecule has 0 aromatic carbocycles. The van der Waals surface area contributed by atoms with E-state index < -0.39 is 0 Å². The SMILES string of the molecule is NCC[N-]CCO.NCC[N-]CCO.[Co+3]. The molecule has 0 saturated carbocycles. The van der Waals surface area contributed by atoms with E-state index >= 15 is 0 Å². The van der Waals surface area contributed by atoms with E-state index in [1.165, 1.54) is 0 Å². The van der Waals surface area contributed by atoms with E-state index in [1.54, 1.807) is 0 Å². The van der Waals surface area contributed by atoms with Crippen molar-refractivity contribution in [1.29, 1.82) is 0 Å². The van der Waals surface area contributed by atoms with Gasteiger partial charge < -0.3 is 32.3 Å². The van der Waals surface area contributed by atoms with Crippen molar-refractivity contribution in [1.82, 2.24) is 0 Å². The second kappa shape index (κ2) is 23.8. The molecule has 0 heterocycles. The molecule has 0 radical (unpaired) electrons. The predicted octanol–water partition coefficient (Wildman–Crippen LogP) is -1.38. The van der Waals surface area contributed by atoms with Gasteiger partial charge in [-0.25, -0.2) is 0 Å². The van der Waals surface area contributed by atoms with Crippen molar-refractivity contribution in [3.63, 3.8) is 0 Å². The maximum atomic E-state index is 8.16. The Morgan fingerprint density at radius 1 is 0.733 bits per heavy atom. The number of nitrogens with zero attached hydrogens (tertiary/aromatic N) is 2.